The van der Waals surface area contributed by atoms with Gasteiger partial charge in [-0.1, -0.05) is 48.5 Å². The average molecular weight is 391 g/mol. The van der Waals surface area contributed by atoms with Gasteiger partial charge in [0, 0.05) is 11.7 Å². The normalized spacial score (nSPS) is 28.1. The van der Waals surface area contributed by atoms with Crippen molar-refractivity contribution in [3.8, 4) is 0 Å². The molecular weight excluding hydrogens is 360 g/mol. The maximum absolute atomic E-state index is 13.1. The van der Waals surface area contributed by atoms with E-state index in [1.807, 2.05) is 35.2 Å². The van der Waals surface area contributed by atoms with Gasteiger partial charge in [-0.2, -0.15) is 0 Å². The van der Waals surface area contributed by atoms with Crippen LogP contribution in [-0.2, 0) is 16.0 Å². The molecule has 0 unspecified atom stereocenters. The molecule has 2 aromatic rings. The molecule has 1 saturated heterocycles. The molecule has 1 N–H and O–H groups in total. The quantitative estimate of drug-likeness (QED) is 0.836. The fourth-order valence-electron chi connectivity index (χ4n) is 5.02. The van der Waals surface area contributed by atoms with E-state index >= 15 is 0 Å². The SMILES string of the molecule is O=C1N(c2ccccc2)CC2(CCC(NCCc3ccccc3)CC2)OC12CC2. The summed E-state index contributed by atoms with van der Waals surface area (Å²) < 4.78 is 6.58. The summed E-state index contributed by atoms with van der Waals surface area (Å²) >= 11 is 0. The number of nitrogens with zero attached hydrogens (tertiary/aromatic N) is 1. The third-order valence-corrected chi connectivity index (χ3v) is 6.85. The van der Waals surface area contributed by atoms with Gasteiger partial charge >= 0.3 is 0 Å². The van der Waals surface area contributed by atoms with Crippen LogP contribution in [0.4, 0.5) is 5.69 Å². The van der Waals surface area contributed by atoms with Crippen molar-refractivity contribution < 1.29 is 9.53 Å². The maximum atomic E-state index is 13.1. The summed E-state index contributed by atoms with van der Waals surface area (Å²) in [7, 11) is 0. The number of amides is 1. The molecule has 2 saturated carbocycles. The molecular formula is C25H30N2O2. The van der Waals surface area contributed by atoms with Crippen LogP contribution in [0.3, 0.4) is 0 Å². The molecule has 2 spiro atoms. The van der Waals surface area contributed by atoms with Gasteiger partial charge in [-0.3, -0.25) is 4.79 Å². The fourth-order valence-corrected chi connectivity index (χ4v) is 5.02. The van der Waals surface area contributed by atoms with Crippen molar-refractivity contribution in [2.75, 3.05) is 18.0 Å². The Kier molecular flexibility index (Phi) is 4.92. The van der Waals surface area contributed by atoms with Gasteiger partial charge in [0.25, 0.3) is 5.91 Å². The Morgan fingerprint density at radius 3 is 2.24 bits per heavy atom. The maximum Gasteiger partial charge on any atom is 0.259 e. The number of hydrogen-bond acceptors (Lipinski definition) is 3. The Hall–Kier alpha value is -2.17. The number of anilines is 1. The number of ether oxygens (including phenoxy) is 1. The molecule has 0 bridgehead atoms. The second-order valence-corrected chi connectivity index (χ2v) is 8.97. The largest absolute Gasteiger partial charge is 0.357 e. The molecule has 5 rings (SSSR count). The van der Waals surface area contributed by atoms with E-state index in [2.05, 4.69) is 35.6 Å². The van der Waals surface area contributed by atoms with E-state index in [0.717, 1.165) is 57.2 Å². The van der Waals surface area contributed by atoms with Gasteiger partial charge in [0.1, 0.15) is 5.60 Å². The van der Waals surface area contributed by atoms with Crippen LogP contribution in [0.1, 0.15) is 44.1 Å². The third kappa shape index (κ3) is 3.84. The first-order valence-electron chi connectivity index (χ1n) is 11.0. The molecule has 1 amide bonds. The molecule has 0 aromatic heterocycles. The Morgan fingerprint density at radius 2 is 1.59 bits per heavy atom. The molecule has 29 heavy (non-hydrogen) atoms. The van der Waals surface area contributed by atoms with Crippen molar-refractivity contribution in [3.63, 3.8) is 0 Å². The predicted octanol–water partition coefficient (Wildman–Crippen LogP) is 4.10. The smallest absolute Gasteiger partial charge is 0.259 e. The zero-order valence-corrected chi connectivity index (χ0v) is 17.0. The van der Waals surface area contributed by atoms with Gasteiger partial charge in [0.15, 0.2) is 0 Å². The summed E-state index contributed by atoms with van der Waals surface area (Å²) in [5.41, 5.74) is 1.67. The van der Waals surface area contributed by atoms with Crippen LogP contribution in [0, 0.1) is 0 Å². The van der Waals surface area contributed by atoms with E-state index in [4.69, 9.17) is 4.74 Å². The highest BCUT2D eigenvalue weighted by molar-refractivity contribution is 6.02. The van der Waals surface area contributed by atoms with E-state index in [1.165, 1.54) is 5.56 Å². The molecule has 0 atom stereocenters. The summed E-state index contributed by atoms with van der Waals surface area (Å²) in [6.45, 7) is 1.70. The van der Waals surface area contributed by atoms with Crippen molar-refractivity contribution in [1.29, 1.82) is 0 Å². The molecule has 1 aliphatic heterocycles. The van der Waals surface area contributed by atoms with E-state index in [-0.39, 0.29) is 11.5 Å². The minimum Gasteiger partial charge on any atom is -0.357 e. The number of nitrogens with one attached hydrogen (secondary N) is 1. The number of benzene rings is 2. The third-order valence-electron chi connectivity index (χ3n) is 6.85. The van der Waals surface area contributed by atoms with Crippen molar-refractivity contribution >= 4 is 11.6 Å². The first-order chi connectivity index (χ1) is 14.2. The summed E-state index contributed by atoms with van der Waals surface area (Å²) in [4.78, 5) is 15.1. The Bertz CT molecular complexity index is 840. The number of morpholine rings is 1. The second kappa shape index (κ2) is 7.58. The summed E-state index contributed by atoms with van der Waals surface area (Å²) in [6, 6.07) is 21.3. The first-order valence-corrected chi connectivity index (χ1v) is 11.0. The van der Waals surface area contributed by atoms with Crippen LogP contribution >= 0.6 is 0 Å². The molecule has 4 heteroatoms. The Balaban J connectivity index is 1.21. The number of para-hydroxylation sites is 1. The Morgan fingerprint density at radius 1 is 0.931 bits per heavy atom. The number of hydrogen-bond donors (Lipinski definition) is 1. The van der Waals surface area contributed by atoms with Crippen LogP contribution in [-0.4, -0.2) is 36.2 Å². The summed E-state index contributed by atoms with van der Waals surface area (Å²) in [5, 5.41) is 3.74. The lowest BCUT2D eigenvalue weighted by Crippen LogP contribution is -2.62. The zero-order chi connectivity index (χ0) is 19.7. The minimum absolute atomic E-state index is 0.164. The van der Waals surface area contributed by atoms with Gasteiger partial charge in [0.2, 0.25) is 0 Å². The lowest BCUT2D eigenvalue weighted by atomic mass is 9.80. The minimum atomic E-state index is -0.540. The van der Waals surface area contributed by atoms with Crippen molar-refractivity contribution in [2.24, 2.45) is 0 Å². The summed E-state index contributed by atoms with van der Waals surface area (Å²) in [5.74, 6) is 0.164. The molecule has 2 aliphatic carbocycles. The van der Waals surface area contributed by atoms with E-state index < -0.39 is 5.60 Å². The standard InChI is InChI=1S/C25H30N2O2/c28-23-25(16-17-25)29-24(19-27(23)22-9-5-2-6-10-22)14-11-21(12-15-24)26-18-13-20-7-3-1-4-8-20/h1-10,21,26H,11-19H2. The van der Waals surface area contributed by atoms with Gasteiger partial charge < -0.3 is 15.0 Å². The topological polar surface area (TPSA) is 41.6 Å². The van der Waals surface area contributed by atoms with Crippen molar-refractivity contribution in [1.82, 2.24) is 5.32 Å². The van der Waals surface area contributed by atoms with Crippen LogP contribution in [0.15, 0.2) is 60.7 Å². The summed E-state index contributed by atoms with van der Waals surface area (Å²) in [6.07, 6.45) is 7.08. The molecule has 0 radical (unpaired) electrons. The second-order valence-electron chi connectivity index (χ2n) is 8.97. The van der Waals surface area contributed by atoms with Crippen LogP contribution < -0.4 is 10.2 Å². The van der Waals surface area contributed by atoms with Crippen LogP contribution in [0.2, 0.25) is 0 Å². The predicted molar refractivity (Wildman–Crippen MR) is 115 cm³/mol. The van der Waals surface area contributed by atoms with Crippen molar-refractivity contribution in [2.45, 2.75) is 62.2 Å². The lowest BCUT2D eigenvalue weighted by molar-refractivity contribution is -0.169. The fraction of sp³-hybridized carbons (Fsp3) is 0.480. The molecule has 1 heterocycles. The Labute approximate surface area is 173 Å². The van der Waals surface area contributed by atoms with Crippen molar-refractivity contribution in [3.05, 3.63) is 66.2 Å². The monoisotopic (exact) mass is 390 g/mol. The first kappa shape index (κ1) is 18.8. The van der Waals surface area contributed by atoms with E-state index in [9.17, 15) is 4.79 Å². The van der Waals surface area contributed by atoms with Gasteiger partial charge in [-0.25, -0.2) is 0 Å². The molecule has 152 valence electrons. The molecule has 3 fully saturated rings. The molecule has 3 aliphatic rings. The van der Waals surface area contributed by atoms with Crippen LogP contribution in [0.5, 0.6) is 0 Å². The lowest BCUT2D eigenvalue weighted by Gasteiger charge is -2.49. The average Bonchev–Trinajstić information content (AvgIpc) is 3.54. The van der Waals surface area contributed by atoms with E-state index in [0.29, 0.717) is 12.6 Å². The van der Waals surface area contributed by atoms with Gasteiger partial charge in [-0.15, -0.1) is 0 Å². The highest BCUT2D eigenvalue weighted by Crippen LogP contribution is 2.51. The highest BCUT2D eigenvalue weighted by Gasteiger charge is 2.62. The van der Waals surface area contributed by atoms with Gasteiger partial charge in [0.05, 0.1) is 12.1 Å². The van der Waals surface area contributed by atoms with Gasteiger partial charge in [-0.05, 0) is 69.2 Å². The van der Waals surface area contributed by atoms with Crippen LogP contribution in [0.25, 0.3) is 0 Å². The highest BCUT2D eigenvalue weighted by atomic mass is 16.5. The zero-order valence-electron chi connectivity index (χ0n) is 17.0. The van der Waals surface area contributed by atoms with E-state index in [1.54, 1.807) is 0 Å². The number of carbonyl (C=O) groups excluding carboxylic acids is 1. The molecule has 4 nitrogen and oxygen atoms in total. The number of carbonyl (C=O) groups is 1. The molecule has 2 aromatic carbocycles. The number of rotatable bonds is 5.